The van der Waals surface area contributed by atoms with Crippen molar-refractivity contribution in [2.45, 2.75) is 25.4 Å². The topological polar surface area (TPSA) is 73.0 Å². The zero-order valence-corrected chi connectivity index (χ0v) is 16.2. The van der Waals surface area contributed by atoms with Gasteiger partial charge in [-0.05, 0) is 66.8 Å². The molecule has 0 saturated carbocycles. The second-order valence-corrected chi connectivity index (χ2v) is 7.52. The Balaban J connectivity index is 1.21. The number of aromatic amines is 1. The first-order chi connectivity index (χ1) is 14.3. The van der Waals surface area contributed by atoms with Crippen LogP contribution in [0.2, 0.25) is 0 Å². The van der Waals surface area contributed by atoms with Crippen molar-refractivity contribution < 1.29 is 5.11 Å². The Hall–Kier alpha value is -3.31. The van der Waals surface area contributed by atoms with Crippen LogP contribution in [0.5, 0.6) is 0 Å². The molecule has 1 aliphatic rings. The summed E-state index contributed by atoms with van der Waals surface area (Å²) in [5.74, 6) is 0. The molecule has 0 aliphatic heterocycles. The highest BCUT2D eigenvalue weighted by Crippen LogP contribution is 2.35. The molecule has 0 unspecified atom stereocenters. The lowest BCUT2D eigenvalue weighted by atomic mass is 10.1. The van der Waals surface area contributed by atoms with Gasteiger partial charge in [-0.2, -0.15) is 0 Å². The van der Waals surface area contributed by atoms with Gasteiger partial charge in [0.15, 0.2) is 0 Å². The van der Waals surface area contributed by atoms with E-state index in [1.54, 1.807) is 6.20 Å². The van der Waals surface area contributed by atoms with Crippen molar-refractivity contribution in [2.24, 2.45) is 0 Å². The number of H-pyrrole nitrogens is 1. The van der Waals surface area contributed by atoms with Crippen LogP contribution < -0.4 is 10.6 Å². The van der Waals surface area contributed by atoms with E-state index in [1.807, 2.05) is 6.07 Å². The maximum Gasteiger partial charge on any atom is 0.0966 e. The van der Waals surface area contributed by atoms with Gasteiger partial charge in [0.05, 0.1) is 11.8 Å². The molecule has 5 nitrogen and oxygen atoms in total. The number of fused-ring (bicyclic) bond motifs is 2. The molecule has 4 aromatic rings. The number of rotatable bonds is 6. The minimum Gasteiger partial charge on any atom is -0.387 e. The molecule has 1 aliphatic carbocycles. The van der Waals surface area contributed by atoms with Crippen molar-refractivity contribution in [2.75, 3.05) is 17.2 Å². The van der Waals surface area contributed by atoms with Gasteiger partial charge in [0.2, 0.25) is 0 Å². The van der Waals surface area contributed by atoms with E-state index in [2.05, 4.69) is 75.3 Å². The van der Waals surface area contributed by atoms with E-state index >= 15 is 0 Å². The zero-order chi connectivity index (χ0) is 19.6. The van der Waals surface area contributed by atoms with E-state index in [1.165, 1.54) is 16.5 Å². The molecule has 0 fully saturated rings. The third-order valence-electron chi connectivity index (χ3n) is 5.63. The molecular formula is C24H24N4O. The van der Waals surface area contributed by atoms with Crippen molar-refractivity contribution in [3.8, 4) is 0 Å². The van der Waals surface area contributed by atoms with E-state index in [-0.39, 0.29) is 0 Å². The second-order valence-electron chi connectivity index (χ2n) is 7.52. The van der Waals surface area contributed by atoms with Crippen LogP contribution in [0, 0.1) is 0 Å². The SMILES string of the molecule is O[C@@H]1CCc2c(Nc3ccc(NCCc4c[nH]c5ccccc45)cc3)ccnc21. The highest BCUT2D eigenvalue weighted by atomic mass is 16.3. The van der Waals surface area contributed by atoms with E-state index in [0.29, 0.717) is 0 Å². The van der Waals surface area contributed by atoms with Crippen LogP contribution in [0.25, 0.3) is 10.9 Å². The Bertz CT molecular complexity index is 1130. The van der Waals surface area contributed by atoms with Crippen LogP contribution >= 0.6 is 0 Å². The average molecular weight is 384 g/mol. The molecule has 2 aromatic heterocycles. The van der Waals surface area contributed by atoms with Crippen molar-refractivity contribution in [1.82, 2.24) is 9.97 Å². The van der Waals surface area contributed by atoms with Crippen molar-refractivity contribution in [1.29, 1.82) is 0 Å². The Morgan fingerprint density at radius 1 is 1.03 bits per heavy atom. The average Bonchev–Trinajstić information content (AvgIpc) is 3.34. The Morgan fingerprint density at radius 2 is 1.86 bits per heavy atom. The first-order valence-electron chi connectivity index (χ1n) is 10.1. The van der Waals surface area contributed by atoms with Crippen LogP contribution in [0.15, 0.2) is 67.0 Å². The number of nitrogens with zero attached hydrogens (tertiary/aromatic N) is 1. The Kier molecular flexibility index (Phi) is 4.66. The third kappa shape index (κ3) is 3.57. The van der Waals surface area contributed by atoms with Gasteiger partial charge in [0, 0.05) is 46.9 Å². The molecule has 0 spiro atoms. The summed E-state index contributed by atoms with van der Waals surface area (Å²) in [6.07, 6.45) is 6.01. The molecule has 1 atom stereocenters. The molecule has 5 rings (SSSR count). The molecular weight excluding hydrogens is 360 g/mol. The minimum absolute atomic E-state index is 0.435. The molecule has 29 heavy (non-hydrogen) atoms. The number of pyridine rings is 1. The molecule has 146 valence electrons. The molecule has 0 saturated heterocycles. The van der Waals surface area contributed by atoms with Crippen LogP contribution in [-0.2, 0) is 12.8 Å². The number of anilines is 3. The molecule has 0 bridgehead atoms. The van der Waals surface area contributed by atoms with Gasteiger partial charge in [0.1, 0.15) is 0 Å². The van der Waals surface area contributed by atoms with Gasteiger partial charge in [-0.3, -0.25) is 4.98 Å². The number of aromatic nitrogens is 2. The number of nitrogens with one attached hydrogen (secondary N) is 3. The summed E-state index contributed by atoms with van der Waals surface area (Å²) in [7, 11) is 0. The van der Waals surface area contributed by atoms with Crippen LogP contribution in [0.3, 0.4) is 0 Å². The molecule has 0 amide bonds. The molecule has 4 N–H and O–H groups in total. The van der Waals surface area contributed by atoms with Crippen LogP contribution in [0.1, 0.15) is 29.3 Å². The van der Waals surface area contributed by atoms with Crippen molar-refractivity contribution >= 4 is 28.0 Å². The maximum atomic E-state index is 10.0. The van der Waals surface area contributed by atoms with E-state index in [4.69, 9.17) is 0 Å². The predicted molar refractivity (Wildman–Crippen MR) is 118 cm³/mol. The van der Waals surface area contributed by atoms with Crippen LogP contribution in [-0.4, -0.2) is 21.6 Å². The van der Waals surface area contributed by atoms with Crippen LogP contribution in [0.4, 0.5) is 17.1 Å². The number of aliphatic hydroxyl groups is 1. The largest absolute Gasteiger partial charge is 0.387 e. The fourth-order valence-electron chi connectivity index (χ4n) is 4.10. The summed E-state index contributed by atoms with van der Waals surface area (Å²) in [5.41, 5.74) is 7.62. The lowest BCUT2D eigenvalue weighted by molar-refractivity contribution is 0.176. The monoisotopic (exact) mass is 384 g/mol. The normalized spacial score (nSPS) is 15.4. The van der Waals surface area contributed by atoms with Gasteiger partial charge in [-0.1, -0.05) is 18.2 Å². The predicted octanol–water partition coefficient (Wildman–Crippen LogP) is 4.94. The number of hydrogen-bond donors (Lipinski definition) is 4. The van der Waals surface area contributed by atoms with Gasteiger partial charge in [-0.25, -0.2) is 0 Å². The summed E-state index contributed by atoms with van der Waals surface area (Å²) < 4.78 is 0. The quantitative estimate of drug-likeness (QED) is 0.380. The Labute approximate surface area is 169 Å². The molecule has 2 aromatic carbocycles. The van der Waals surface area contributed by atoms with E-state index in [9.17, 15) is 5.11 Å². The fourth-order valence-corrected chi connectivity index (χ4v) is 4.10. The second kappa shape index (κ2) is 7.60. The standard InChI is InChI=1S/C24H24N4O/c29-23-10-9-20-22(12-14-26-24(20)23)28-18-7-5-17(6-8-18)25-13-11-16-15-27-21-4-2-1-3-19(16)21/h1-8,12,14-15,23,25,27,29H,9-11,13H2,(H,26,28)/t23-/m1/s1. The molecule has 0 radical (unpaired) electrons. The smallest absolute Gasteiger partial charge is 0.0966 e. The lowest BCUT2D eigenvalue weighted by Gasteiger charge is -2.12. The summed E-state index contributed by atoms with van der Waals surface area (Å²) in [4.78, 5) is 7.66. The highest BCUT2D eigenvalue weighted by Gasteiger charge is 2.24. The van der Waals surface area contributed by atoms with Crippen molar-refractivity contribution in [3.05, 3.63) is 83.8 Å². The zero-order valence-electron chi connectivity index (χ0n) is 16.2. The van der Waals surface area contributed by atoms with E-state index < -0.39 is 6.10 Å². The summed E-state index contributed by atoms with van der Waals surface area (Å²) in [5, 5.41) is 18.3. The van der Waals surface area contributed by atoms with Gasteiger partial charge in [-0.15, -0.1) is 0 Å². The van der Waals surface area contributed by atoms with Gasteiger partial charge < -0.3 is 20.7 Å². The fraction of sp³-hybridized carbons (Fsp3) is 0.208. The van der Waals surface area contributed by atoms with Gasteiger partial charge in [0.25, 0.3) is 0 Å². The molecule has 5 heteroatoms. The first-order valence-corrected chi connectivity index (χ1v) is 10.1. The number of aliphatic hydroxyl groups excluding tert-OH is 1. The Morgan fingerprint density at radius 3 is 2.76 bits per heavy atom. The van der Waals surface area contributed by atoms with E-state index in [0.717, 1.165) is 54.1 Å². The summed E-state index contributed by atoms with van der Waals surface area (Å²) >= 11 is 0. The van der Waals surface area contributed by atoms with Gasteiger partial charge >= 0.3 is 0 Å². The summed E-state index contributed by atoms with van der Waals surface area (Å²) in [6, 6.07) is 18.7. The third-order valence-corrected chi connectivity index (χ3v) is 5.63. The number of para-hydroxylation sites is 1. The number of benzene rings is 2. The lowest BCUT2D eigenvalue weighted by Crippen LogP contribution is -2.04. The summed E-state index contributed by atoms with van der Waals surface area (Å²) in [6.45, 7) is 0.879. The first kappa shape index (κ1) is 17.8. The molecule has 2 heterocycles. The minimum atomic E-state index is -0.435. The maximum absolute atomic E-state index is 10.0. The number of hydrogen-bond acceptors (Lipinski definition) is 4. The highest BCUT2D eigenvalue weighted by molar-refractivity contribution is 5.83. The van der Waals surface area contributed by atoms with Crippen molar-refractivity contribution in [3.63, 3.8) is 0 Å².